The number of halogens is 1. The van der Waals surface area contributed by atoms with Gasteiger partial charge in [-0.1, -0.05) is 0 Å². The van der Waals surface area contributed by atoms with Crippen LogP contribution in [0.2, 0.25) is 0 Å². The van der Waals surface area contributed by atoms with Crippen LogP contribution < -0.4 is 24.0 Å². The first kappa shape index (κ1) is 14.1. The lowest BCUT2D eigenvalue weighted by molar-refractivity contribution is -0.913. The quantitative estimate of drug-likeness (QED) is 0.269. The molecule has 1 aliphatic heterocycles. The zero-order chi connectivity index (χ0) is 10.1. The Bertz CT molecular complexity index is 213. The molecule has 0 saturated carbocycles. The van der Waals surface area contributed by atoms with E-state index in [1.807, 2.05) is 0 Å². The van der Waals surface area contributed by atoms with Crippen LogP contribution in [0.3, 0.4) is 0 Å². The lowest BCUT2D eigenvalue weighted by Crippen LogP contribution is -3.00. The Hall–Kier alpha value is 0.0900. The molecule has 1 rings (SSSR count). The van der Waals surface area contributed by atoms with Crippen LogP contribution >= 0.6 is 0 Å². The third-order valence-electron chi connectivity index (χ3n) is 2.91. The first-order valence-corrected chi connectivity index (χ1v) is 4.84. The first-order chi connectivity index (χ1) is 5.86. The van der Waals surface area contributed by atoms with Crippen molar-refractivity contribution in [2.45, 2.75) is 32.2 Å². The van der Waals surface area contributed by atoms with Gasteiger partial charge >= 0.3 is 0 Å². The topological polar surface area (TPSA) is 43.1 Å². The zero-order valence-corrected chi connectivity index (χ0v) is 11.3. The smallest absolute Gasteiger partial charge is 0.264 e. The van der Waals surface area contributed by atoms with Gasteiger partial charge < -0.3 is 28.5 Å². The molecular weight excluding hydrogens is 295 g/mol. The van der Waals surface area contributed by atoms with E-state index in [4.69, 9.17) is 0 Å². The Morgan fingerprint density at radius 3 is 2.14 bits per heavy atom. The van der Waals surface area contributed by atoms with E-state index >= 15 is 0 Å². The van der Waals surface area contributed by atoms with Crippen LogP contribution in [0.5, 0.6) is 0 Å². The van der Waals surface area contributed by atoms with Gasteiger partial charge in [0, 0.05) is 31.6 Å². The zero-order valence-electron chi connectivity index (χ0n) is 9.12. The van der Waals surface area contributed by atoms with Gasteiger partial charge in [-0.05, 0) is 0 Å². The summed E-state index contributed by atoms with van der Waals surface area (Å²) in [6.07, 6.45) is 2.43. The fourth-order valence-corrected chi connectivity index (χ4v) is 2.25. The number of likely N-dealkylation sites (tertiary alicyclic amines) is 1. The van der Waals surface area contributed by atoms with Crippen LogP contribution in [0, 0.1) is 10.1 Å². The monoisotopic (exact) mass is 314 g/mol. The summed E-state index contributed by atoms with van der Waals surface area (Å²) >= 11 is 0. The Labute approximate surface area is 102 Å². The van der Waals surface area contributed by atoms with E-state index in [9.17, 15) is 10.1 Å². The fourth-order valence-electron chi connectivity index (χ4n) is 2.25. The van der Waals surface area contributed by atoms with Crippen LogP contribution in [0.25, 0.3) is 0 Å². The van der Waals surface area contributed by atoms with Gasteiger partial charge in [0.25, 0.3) is 5.54 Å². The van der Waals surface area contributed by atoms with Crippen LogP contribution in [0.4, 0.5) is 0 Å². The summed E-state index contributed by atoms with van der Waals surface area (Å²) in [5.74, 6) is 0. The summed E-state index contributed by atoms with van der Waals surface area (Å²) in [5.41, 5.74) is -0.779. The summed E-state index contributed by atoms with van der Waals surface area (Å²) in [6, 6.07) is 0. The molecule has 0 N–H and O–H groups in total. The number of quaternary nitrogens is 1. The number of hydrogen-bond donors (Lipinski definition) is 0. The summed E-state index contributed by atoms with van der Waals surface area (Å²) in [7, 11) is 2.12. The second-order valence-electron chi connectivity index (χ2n) is 5.00. The molecule has 0 aromatic carbocycles. The van der Waals surface area contributed by atoms with E-state index in [0.717, 1.165) is 17.6 Å². The summed E-state index contributed by atoms with van der Waals surface area (Å²) < 4.78 is 0.869. The van der Waals surface area contributed by atoms with Crippen molar-refractivity contribution < 1.29 is 33.4 Å². The lowest BCUT2D eigenvalue weighted by Gasteiger charge is -2.32. The standard InChI is InChI=1S/C9H19N2O2.HI/c1-9(2,10(12)13)8-11(3)6-4-5-7-11;/h4-8H2,1-3H3;1H/q+1;/p-1. The van der Waals surface area contributed by atoms with Gasteiger partial charge in [-0.25, -0.2) is 0 Å². The number of hydrogen-bond acceptors (Lipinski definition) is 2. The van der Waals surface area contributed by atoms with Gasteiger partial charge in [0.1, 0.15) is 6.54 Å². The van der Waals surface area contributed by atoms with Crippen molar-refractivity contribution in [1.82, 2.24) is 0 Å². The highest BCUT2D eigenvalue weighted by Crippen LogP contribution is 2.21. The van der Waals surface area contributed by atoms with E-state index in [0.29, 0.717) is 6.54 Å². The molecule has 14 heavy (non-hydrogen) atoms. The van der Waals surface area contributed by atoms with Crippen molar-refractivity contribution in [2.24, 2.45) is 0 Å². The molecule has 0 aromatic heterocycles. The van der Waals surface area contributed by atoms with Gasteiger partial charge in [0.15, 0.2) is 0 Å². The second kappa shape index (κ2) is 4.74. The van der Waals surface area contributed by atoms with E-state index in [-0.39, 0.29) is 28.9 Å². The molecule has 1 aliphatic rings. The molecule has 0 spiro atoms. The minimum Gasteiger partial charge on any atom is -1.00 e. The Balaban J connectivity index is 0.00000169. The highest BCUT2D eigenvalue weighted by Gasteiger charge is 2.41. The number of rotatable bonds is 3. The Morgan fingerprint density at radius 2 is 1.79 bits per heavy atom. The second-order valence-corrected chi connectivity index (χ2v) is 5.00. The van der Waals surface area contributed by atoms with E-state index in [1.54, 1.807) is 13.8 Å². The molecule has 0 unspecified atom stereocenters. The largest absolute Gasteiger partial charge is 1.00 e. The summed E-state index contributed by atoms with van der Waals surface area (Å²) in [5, 5.41) is 10.7. The molecule has 5 heteroatoms. The van der Waals surface area contributed by atoms with Gasteiger partial charge in [-0.2, -0.15) is 0 Å². The maximum atomic E-state index is 10.7. The number of likely N-dealkylation sites (N-methyl/N-ethyl adjacent to an activating group) is 1. The van der Waals surface area contributed by atoms with E-state index in [1.165, 1.54) is 12.8 Å². The van der Waals surface area contributed by atoms with Crippen molar-refractivity contribution in [3.63, 3.8) is 0 Å². The molecule has 1 fully saturated rings. The molecule has 0 radical (unpaired) electrons. The van der Waals surface area contributed by atoms with Gasteiger partial charge in [-0.15, -0.1) is 0 Å². The highest BCUT2D eigenvalue weighted by molar-refractivity contribution is 4.68. The third-order valence-corrected chi connectivity index (χ3v) is 2.91. The van der Waals surface area contributed by atoms with Crippen molar-refractivity contribution in [3.8, 4) is 0 Å². The molecule has 84 valence electrons. The first-order valence-electron chi connectivity index (χ1n) is 4.84. The molecule has 0 aromatic rings. The van der Waals surface area contributed by atoms with Crippen molar-refractivity contribution >= 4 is 0 Å². The number of nitrogens with zero attached hydrogens (tertiary/aromatic N) is 2. The molecule has 1 saturated heterocycles. The van der Waals surface area contributed by atoms with Crippen LogP contribution in [-0.4, -0.2) is 41.6 Å². The molecule has 4 nitrogen and oxygen atoms in total. The average molecular weight is 314 g/mol. The van der Waals surface area contributed by atoms with Crippen LogP contribution in [0.15, 0.2) is 0 Å². The molecule has 0 amide bonds. The minimum atomic E-state index is -0.779. The molecular formula is C9H19IN2O2. The third kappa shape index (κ3) is 3.34. The molecule has 1 heterocycles. The lowest BCUT2D eigenvalue weighted by atomic mass is 10.1. The fraction of sp³-hybridized carbons (Fsp3) is 1.00. The van der Waals surface area contributed by atoms with Crippen molar-refractivity contribution in [2.75, 3.05) is 26.7 Å². The van der Waals surface area contributed by atoms with Crippen molar-refractivity contribution in [1.29, 1.82) is 0 Å². The molecule has 0 aliphatic carbocycles. The summed E-state index contributed by atoms with van der Waals surface area (Å²) in [4.78, 5) is 10.6. The Kier molecular flexibility index (Phi) is 4.77. The molecule has 0 bridgehead atoms. The maximum Gasteiger partial charge on any atom is 0.264 e. The average Bonchev–Trinajstić information content (AvgIpc) is 2.34. The van der Waals surface area contributed by atoms with Gasteiger partial charge in [0.2, 0.25) is 0 Å². The van der Waals surface area contributed by atoms with Crippen LogP contribution in [-0.2, 0) is 0 Å². The highest BCUT2D eigenvalue weighted by atomic mass is 127. The van der Waals surface area contributed by atoms with Gasteiger partial charge in [0.05, 0.1) is 20.1 Å². The maximum absolute atomic E-state index is 10.7. The van der Waals surface area contributed by atoms with E-state index in [2.05, 4.69) is 7.05 Å². The normalized spacial score (nSPS) is 20.2. The Morgan fingerprint density at radius 1 is 1.36 bits per heavy atom. The van der Waals surface area contributed by atoms with E-state index < -0.39 is 5.54 Å². The molecule has 0 atom stereocenters. The SMILES string of the molecule is CC(C)(C[N+]1(C)CCCC1)[N+](=O)[O-].[I-]. The van der Waals surface area contributed by atoms with Gasteiger partial charge in [-0.3, -0.25) is 10.1 Å². The van der Waals surface area contributed by atoms with Crippen LogP contribution in [0.1, 0.15) is 26.7 Å². The predicted octanol–water partition coefficient (Wildman–Crippen LogP) is -1.71. The van der Waals surface area contributed by atoms with Crippen molar-refractivity contribution in [3.05, 3.63) is 10.1 Å². The predicted molar refractivity (Wildman–Crippen MR) is 51.1 cm³/mol. The number of nitro groups is 1. The minimum absolute atomic E-state index is 0. The summed E-state index contributed by atoms with van der Waals surface area (Å²) in [6.45, 7) is 6.28.